The molecule has 1 aromatic carbocycles. The number of nitrogens with one attached hydrogen (secondary N) is 1. The molecule has 7 nitrogen and oxygen atoms in total. The van der Waals surface area contributed by atoms with E-state index in [1.54, 1.807) is 29.2 Å². The lowest BCUT2D eigenvalue weighted by molar-refractivity contribution is -0.134. The van der Waals surface area contributed by atoms with Gasteiger partial charge in [0.15, 0.2) is 0 Å². The van der Waals surface area contributed by atoms with Gasteiger partial charge in [0.1, 0.15) is 0 Å². The molecule has 1 aliphatic carbocycles. The number of sulfonamides is 1. The molecule has 9 heteroatoms. The standard InChI is InChI=1S/C17H22BrN3O4S/c1-12-9-15(12)17(23)19-11-16(22)20-5-7-21(8-6-20)26(24,25)14-4-2-3-13(18)10-14/h2-4,10,12,15H,5-9,11H2,1H3,(H,19,23). The Kier molecular flexibility index (Phi) is 5.69. The average molecular weight is 444 g/mol. The number of benzene rings is 1. The van der Waals surface area contributed by atoms with Gasteiger partial charge in [-0.3, -0.25) is 9.59 Å². The van der Waals surface area contributed by atoms with Crippen LogP contribution in [0.2, 0.25) is 0 Å². The molecule has 0 spiro atoms. The van der Waals surface area contributed by atoms with Gasteiger partial charge in [-0.2, -0.15) is 4.31 Å². The largest absolute Gasteiger partial charge is 0.347 e. The Balaban J connectivity index is 1.52. The number of nitrogens with zero attached hydrogens (tertiary/aromatic N) is 2. The molecule has 3 rings (SSSR count). The summed E-state index contributed by atoms with van der Waals surface area (Å²) in [6.07, 6.45) is 0.881. The molecular formula is C17H22BrN3O4S. The van der Waals surface area contributed by atoms with E-state index in [-0.39, 0.29) is 42.3 Å². The number of carbonyl (C=O) groups excluding carboxylic acids is 2. The smallest absolute Gasteiger partial charge is 0.243 e. The zero-order chi connectivity index (χ0) is 18.9. The van der Waals surface area contributed by atoms with Gasteiger partial charge in [-0.25, -0.2) is 8.42 Å². The van der Waals surface area contributed by atoms with Gasteiger partial charge in [0.05, 0.1) is 11.4 Å². The first kappa shape index (κ1) is 19.3. The van der Waals surface area contributed by atoms with Crippen LogP contribution in [0.15, 0.2) is 33.6 Å². The van der Waals surface area contributed by atoms with Crippen LogP contribution in [-0.4, -0.2) is 62.2 Å². The lowest BCUT2D eigenvalue weighted by Gasteiger charge is -2.34. The molecule has 1 heterocycles. The van der Waals surface area contributed by atoms with Crippen LogP contribution in [0, 0.1) is 11.8 Å². The zero-order valence-corrected chi connectivity index (χ0v) is 16.9. The van der Waals surface area contributed by atoms with E-state index in [0.717, 1.165) is 6.42 Å². The Morgan fingerprint density at radius 2 is 1.88 bits per heavy atom. The summed E-state index contributed by atoms with van der Waals surface area (Å²) >= 11 is 3.28. The molecule has 26 heavy (non-hydrogen) atoms. The first-order valence-electron chi connectivity index (χ1n) is 8.60. The molecule has 1 saturated heterocycles. The number of hydrogen-bond donors (Lipinski definition) is 1. The van der Waals surface area contributed by atoms with Crippen molar-refractivity contribution in [2.75, 3.05) is 32.7 Å². The molecule has 1 saturated carbocycles. The third-order valence-corrected chi connectivity index (χ3v) is 7.27. The van der Waals surface area contributed by atoms with E-state index >= 15 is 0 Å². The summed E-state index contributed by atoms with van der Waals surface area (Å²) in [6.45, 7) is 3.11. The Bertz CT molecular complexity index is 806. The maximum Gasteiger partial charge on any atom is 0.243 e. The number of rotatable bonds is 5. The summed E-state index contributed by atoms with van der Waals surface area (Å²) in [5.74, 6) is 0.194. The van der Waals surface area contributed by atoms with E-state index in [4.69, 9.17) is 0 Å². The number of piperazine rings is 1. The van der Waals surface area contributed by atoms with Crippen molar-refractivity contribution in [1.29, 1.82) is 0 Å². The molecule has 1 aromatic rings. The molecule has 2 amide bonds. The van der Waals surface area contributed by atoms with Crippen LogP contribution in [0.5, 0.6) is 0 Å². The van der Waals surface area contributed by atoms with Gasteiger partial charge in [-0.05, 0) is 30.5 Å². The molecule has 2 aliphatic rings. The highest BCUT2D eigenvalue weighted by atomic mass is 79.9. The van der Waals surface area contributed by atoms with Gasteiger partial charge >= 0.3 is 0 Å². The average Bonchev–Trinajstić information content (AvgIpc) is 3.36. The molecule has 2 atom stereocenters. The Labute approximate surface area is 161 Å². The summed E-state index contributed by atoms with van der Waals surface area (Å²) in [7, 11) is -3.57. The topological polar surface area (TPSA) is 86.8 Å². The third-order valence-electron chi connectivity index (χ3n) is 4.89. The summed E-state index contributed by atoms with van der Waals surface area (Å²) < 4.78 is 27.5. The first-order valence-corrected chi connectivity index (χ1v) is 10.8. The van der Waals surface area contributed by atoms with Gasteiger partial charge in [-0.1, -0.05) is 28.9 Å². The molecule has 0 aromatic heterocycles. The van der Waals surface area contributed by atoms with Crippen molar-refractivity contribution in [1.82, 2.24) is 14.5 Å². The Morgan fingerprint density at radius 3 is 2.46 bits per heavy atom. The van der Waals surface area contributed by atoms with Gasteiger partial charge in [0.2, 0.25) is 21.8 Å². The Morgan fingerprint density at radius 1 is 1.23 bits per heavy atom. The first-order chi connectivity index (χ1) is 12.3. The molecule has 0 bridgehead atoms. The summed E-state index contributed by atoms with van der Waals surface area (Å²) in [4.78, 5) is 25.9. The number of carbonyl (C=O) groups is 2. The van der Waals surface area contributed by atoms with Crippen LogP contribution in [0.4, 0.5) is 0 Å². The number of amides is 2. The summed E-state index contributed by atoms with van der Waals surface area (Å²) in [5, 5.41) is 2.68. The van der Waals surface area contributed by atoms with Crippen molar-refractivity contribution in [2.45, 2.75) is 18.2 Å². The van der Waals surface area contributed by atoms with E-state index < -0.39 is 10.0 Å². The van der Waals surface area contributed by atoms with E-state index in [1.807, 2.05) is 6.92 Å². The van der Waals surface area contributed by atoms with Gasteiger partial charge in [-0.15, -0.1) is 0 Å². The molecule has 2 fully saturated rings. The third kappa shape index (κ3) is 4.27. The number of halogens is 1. The van der Waals surface area contributed by atoms with E-state index in [1.165, 1.54) is 4.31 Å². The predicted molar refractivity (Wildman–Crippen MR) is 99.8 cm³/mol. The molecule has 0 radical (unpaired) electrons. The molecule has 2 unspecified atom stereocenters. The minimum Gasteiger partial charge on any atom is -0.347 e. The Hall–Kier alpha value is -1.45. The second-order valence-electron chi connectivity index (χ2n) is 6.78. The second kappa shape index (κ2) is 7.66. The van der Waals surface area contributed by atoms with E-state index in [9.17, 15) is 18.0 Å². The quantitative estimate of drug-likeness (QED) is 0.736. The van der Waals surface area contributed by atoms with Crippen LogP contribution in [0.1, 0.15) is 13.3 Å². The van der Waals surface area contributed by atoms with E-state index in [2.05, 4.69) is 21.2 Å². The lowest BCUT2D eigenvalue weighted by atomic mass is 10.3. The van der Waals surface area contributed by atoms with Crippen LogP contribution in [0.25, 0.3) is 0 Å². The van der Waals surface area contributed by atoms with Crippen molar-refractivity contribution in [3.8, 4) is 0 Å². The van der Waals surface area contributed by atoms with Crippen molar-refractivity contribution in [3.05, 3.63) is 28.7 Å². The monoisotopic (exact) mass is 443 g/mol. The molecular weight excluding hydrogens is 422 g/mol. The van der Waals surface area contributed by atoms with Crippen molar-refractivity contribution < 1.29 is 18.0 Å². The fourth-order valence-electron chi connectivity index (χ4n) is 3.05. The molecule has 142 valence electrons. The normalized spacial score (nSPS) is 23.5. The highest BCUT2D eigenvalue weighted by Crippen LogP contribution is 2.37. The minimum atomic E-state index is -3.57. The highest BCUT2D eigenvalue weighted by molar-refractivity contribution is 9.10. The predicted octanol–water partition coefficient (Wildman–Crippen LogP) is 1.05. The van der Waals surface area contributed by atoms with Crippen molar-refractivity contribution >= 4 is 37.8 Å². The van der Waals surface area contributed by atoms with Crippen molar-refractivity contribution in [2.24, 2.45) is 11.8 Å². The highest BCUT2D eigenvalue weighted by Gasteiger charge is 2.39. The van der Waals surface area contributed by atoms with Gasteiger partial charge in [0, 0.05) is 36.6 Å². The molecule has 1 aliphatic heterocycles. The fraction of sp³-hybridized carbons (Fsp3) is 0.529. The fourth-order valence-corrected chi connectivity index (χ4v) is 5.07. The SMILES string of the molecule is CC1CC1C(=O)NCC(=O)N1CCN(S(=O)(=O)c2cccc(Br)c2)CC1. The minimum absolute atomic E-state index is 0.0273. The van der Waals surface area contributed by atoms with Crippen LogP contribution in [0.3, 0.4) is 0 Å². The zero-order valence-electron chi connectivity index (χ0n) is 14.5. The lowest BCUT2D eigenvalue weighted by Crippen LogP contribution is -2.52. The number of hydrogen-bond acceptors (Lipinski definition) is 4. The maximum absolute atomic E-state index is 12.7. The maximum atomic E-state index is 12.7. The van der Waals surface area contributed by atoms with Gasteiger partial charge in [0.25, 0.3) is 0 Å². The summed E-state index contributed by atoms with van der Waals surface area (Å²) in [5.41, 5.74) is 0. The van der Waals surface area contributed by atoms with E-state index in [0.29, 0.717) is 23.5 Å². The van der Waals surface area contributed by atoms with Crippen LogP contribution >= 0.6 is 15.9 Å². The molecule has 1 N–H and O–H groups in total. The van der Waals surface area contributed by atoms with Crippen LogP contribution < -0.4 is 5.32 Å². The van der Waals surface area contributed by atoms with Gasteiger partial charge < -0.3 is 10.2 Å². The van der Waals surface area contributed by atoms with Crippen molar-refractivity contribution in [3.63, 3.8) is 0 Å². The second-order valence-corrected chi connectivity index (χ2v) is 9.63. The summed E-state index contributed by atoms with van der Waals surface area (Å²) in [6, 6.07) is 6.58. The van der Waals surface area contributed by atoms with Crippen LogP contribution in [-0.2, 0) is 19.6 Å².